The number of pyridine rings is 1. The molecule has 1 saturated heterocycles. The number of hydrogen-bond acceptors (Lipinski definition) is 3. The Morgan fingerprint density at radius 3 is 2.77 bits per heavy atom. The highest BCUT2D eigenvalue weighted by molar-refractivity contribution is 5.92. The molecule has 0 saturated carbocycles. The van der Waals surface area contributed by atoms with Gasteiger partial charge in [-0.05, 0) is 11.5 Å². The number of aromatic nitrogens is 1. The van der Waals surface area contributed by atoms with E-state index in [0.29, 0.717) is 25.9 Å². The fraction of sp³-hybridized carbons (Fsp3) is 0.412. The SMILES string of the molecule is CC(=O)NCC1(F)CCN(c2nccc3ccccc23)CC1. The summed E-state index contributed by atoms with van der Waals surface area (Å²) in [4.78, 5) is 17.6. The van der Waals surface area contributed by atoms with Crippen molar-refractivity contribution in [2.45, 2.75) is 25.4 Å². The van der Waals surface area contributed by atoms with Crippen LogP contribution in [0.2, 0.25) is 0 Å². The van der Waals surface area contributed by atoms with E-state index in [1.54, 1.807) is 6.20 Å². The second kappa shape index (κ2) is 5.91. The van der Waals surface area contributed by atoms with Gasteiger partial charge in [-0.25, -0.2) is 9.37 Å². The maximum absolute atomic E-state index is 14.7. The van der Waals surface area contributed by atoms with Gasteiger partial charge in [-0.1, -0.05) is 24.3 Å². The third-order valence-corrected chi connectivity index (χ3v) is 4.27. The maximum atomic E-state index is 14.7. The van der Waals surface area contributed by atoms with Crippen molar-refractivity contribution in [1.29, 1.82) is 0 Å². The molecule has 5 heteroatoms. The predicted molar refractivity (Wildman–Crippen MR) is 85.7 cm³/mol. The van der Waals surface area contributed by atoms with Crippen LogP contribution in [0.3, 0.4) is 0 Å². The van der Waals surface area contributed by atoms with Gasteiger partial charge in [0.25, 0.3) is 0 Å². The van der Waals surface area contributed by atoms with Gasteiger partial charge < -0.3 is 10.2 Å². The van der Waals surface area contributed by atoms with Gasteiger partial charge in [-0.2, -0.15) is 0 Å². The summed E-state index contributed by atoms with van der Waals surface area (Å²) in [7, 11) is 0. The summed E-state index contributed by atoms with van der Waals surface area (Å²) in [6, 6.07) is 10.1. The van der Waals surface area contributed by atoms with Crippen LogP contribution in [-0.4, -0.2) is 36.2 Å². The number of fused-ring (bicyclic) bond motifs is 1. The number of hydrogen-bond donors (Lipinski definition) is 1. The first kappa shape index (κ1) is 14.8. The standard InChI is InChI=1S/C17H20FN3O/c1-13(22)20-12-17(18)7-10-21(11-8-17)16-15-5-3-2-4-14(15)6-9-19-16/h2-6,9H,7-8,10-12H2,1H3,(H,20,22). The highest BCUT2D eigenvalue weighted by Crippen LogP contribution is 2.31. The molecule has 1 aromatic heterocycles. The van der Waals surface area contributed by atoms with Gasteiger partial charge in [-0.15, -0.1) is 0 Å². The van der Waals surface area contributed by atoms with Crippen LogP contribution in [0, 0.1) is 0 Å². The Kier molecular flexibility index (Phi) is 3.96. The van der Waals surface area contributed by atoms with Crippen LogP contribution in [0.1, 0.15) is 19.8 Å². The summed E-state index contributed by atoms with van der Waals surface area (Å²) >= 11 is 0. The van der Waals surface area contributed by atoms with Gasteiger partial charge in [-0.3, -0.25) is 4.79 Å². The quantitative estimate of drug-likeness (QED) is 0.948. The predicted octanol–water partition coefficient (Wildman–Crippen LogP) is 2.68. The Morgan fingerprint density at radius 1 is 1.32 bits per heavy atom. The van der Waals surface area contributed by atoms with Crippen molar-refractivity contribution in [3.05, 3.63) is 36.5 Å². The number of nitrogens with zero attached hydrogens (tertiary/aromatic N) is 2. The molecule has 4 nitrogen and oxygen atoms in total. The smallest absolute Gasteiger partial charge is 0.216 e. The number of halogens is 1. The normalized spacial score (nSPS) is 17.5. The molecule has 1 aliphatic rings. The second-order valence-corrected chi connectivity index (χ2v) is 5.90. The number of anilines is 1. The van der Waals surface area contributed by atoms with Gasteiger partial charge >= 0.3 is 0 Å². The molecule has 3 rings (SSSR count). The number of alkyl halides is 1. The number of nitrogens with one attached hydrogen (secondary N) is 1. The largest absolute Gasteiger partial charge is 0.356 e. The van der Waals surface area contributed by atoms with Crippen LogP contribution in [0.25, 0.3) is 10.8 Å². The third kappa shape index (κ3) is 3.03. The van der Waals surface area contributed by atoms with Crippen molar-refractivity contribution in [2.75, 3.05) is 24.5 Å². The van der Waals surface area contributed by atoms with Crippen molar-refractivity contribution < 1.29 is 9.18 Å². The summed E-state index contributed by atoms with van der Waals surface area (Å²) in [5.74, 6) is 0.731. The minimum Gasteiger partial charge on any atom is -0.356 e. The molecule has 1 aromatic carbocycles. The first-order chi connectivity index (χ1) is 10.6. The number of carbonyl (C=O) groups excluding carboxylic acids is 1. The lowest BCUT2D eigenvalue weighted by molar-refractivity contribution is -0.119. The van der Waals surface area contributed by atoms with Crippen molar-refractivity contribution in [1.82, 2.24) is 10.3 Å². The van der Waals surface area contributed by atoms with Crippen molar-refractivity contribution in [2.24, 2.45) is 0 Å². The molecular weight excluding hydrogens is 281 g/mol. The molecule has 0 unspecified atom stereocenters. The van der Waals surface area contributed by atoms with Gasteiger partial charge in [0.15, 0.2) is 0 Å². The minimum absolute atomic E-state index is 0.0964. The van der Waals surface area contributed by atoms with Crippen LogP contribution < -0.4 is 10.2 Å². The van der Waals surface area contributed by atoms with Crippen LogP contribution in [0.5, 0.6) is 0 Å². The molecule has 0 bridgehead atoms. The van der Waals surface area contributed by atoms with E-state index in [1.807, 2.05) is 24.3 Å². The Labute approximate surface area is 129 Å². The molecule has 2 heterocycles. The summed E-state index contributed by atoms with van der Waals surface area (Å²) in [5.41, 5.74) is -1.31. The summed E-state index contributed by atoms with van der Waals surface area (Å²) < 4.78 is 14.7. The Hall–Kier alpha value is -2.17. The summed E-state index contributed by atoms with van der Waals surface area (Å²) in [5, 5.41) is 4.83. The average molecular weight is 301 g/mol. The van der Waals surface area contributed by atoms with E-state index in [1.165, 1.54) is 6.92 Å². The van der Waals surface area contributed by atoms with Gasteiger partial charge in [0.2, 0.25) is 5.91 Å². The lowest BCUT2D eigenvalue weighted by Gasteiger charge is -2.37. The molecule has 1 aliphatic heterocycles. The third-order valence-electron chi connectivity index (χ3n) is 4.27. The van der Waals surface area contributed by atoms with E-state index in [4.69, 9.17) is 0 Å². The number of carbonyl (C=O) groups is 1. The highest BCUT2D eigenvalue weighted by atomic mass is 19.1. The van der Waals surface area contributed by atoms with E-state index in [2.05, 4.69) is 21.3 Å². The second-order valence-electron chi connectivity index (χ2n) is 5.90. The lowest BCUT2D eigenvalue weighted by Crippen LogP contribution is -2.48. The van der Waals surface area contributed by atoms with Crippen molar-refractivity contribution in [3.63, 3.8) is 0 Å². The zero-order valence-corrected chi connectivity index (χ0v) is 12.7. The fourth-order valence-electron chi connectivity index (χ4n) is 2.93. The fourth-order valence-corrected chi connectivity index (χ4v) is 2.93. The molecule has 0 aliphatic carbocycles. The van der Waals surface area contributed by atoms with Crippen LogP contribution in [-0.2, 0) is 4.79 Å². The molecule has 0 radical (unpaired) electrons. The number of piperidine rings is 1. The van der Waals surface area contributed by atoms with E-state index >= 15 is 0 Å². The molecule has 1 fully saturated rings. The van der Waals surface area contributed by atoms with Gasteiger partial charge in [0.05, 0.1) is 6.54 Å². The molecule has 0 spiro atoms. The lowest BCUT2D eigenvalue weighted by atomic mass is 9.93. The van der Waals surface area contributed by atoms with Gasteiger partial charge in [0, 0.05) is 44.4 Å². The molecule has 116 valence electrons. The number of rotatable bonds is 3. The highest BCUT2D eigenvalue weighted by Gasteiger charge is 2.35. The first-order valence-electron chi connectivity index (χ1n) is 7.59. The Bertz CT molecular complexity index is 675. The van der Waals surface area contributed by atoms with Crippen LogP contribution >= 0.6 is 0 Å². The van der Waals surface area contributed by atoms with E-state index in [-0.39, 0.29) is 12.5 Å². The van der Waals surface area contributed by atoms with Crippen molar-refractivity contribution >= 4 is 22.5 Å². The monoisotopic (exact) mass is 301 g/mol. The molecule has 1 amide bonds. The summed E-state index contributed by atoms with van der Waals surface area (Å²) in [6.07, 6.45) is 2.60. The van der Waals surface area contributed by atoms with Crippen LogP contribution in [0.4, 0.5) is 10.2 Å². The maximum Gasteiger partial charge on any atom is 0.216 e. The molecule has 0 atom stereocenters. The van der Waals surface area contributed by atoms with E-state index < -0.39 is 5.67 Å². The molecule has 22 heavy (non-hydrogen) atoms. The topological polar surface area (TPSA) is 45.2 Å². The van der Waals surface area contributed by atoms with Crippen LogP contribution in [0.15, 0.2) is 36.5 Å². The number of amides is 1. The molecule has 2 aromatic rings. The first-order valence-corrected chi connectivity index (χ1v) is 7.59. The zero-order chi connectivity index (χ0) is 15.6. The van der Waals surface area contributed by atoms with E-state index in [9.17, 15) is 9.18 Å². The summed E-state index contributed by atoms with van der Waals surface area (Å²) in [6.45, 7) is 2.73. The Balaban J connectivity index is 1.74. The Morgan fingerprint density at radius 2 is 2.05 bits per heavy atom. The number of benzene rings is 1. The van der Waals surface area contributed by atoms with E-state index in [0.717, 1.165) is 16.6 Å². The zero-order valence-electron chi connectivity index (χ0n) is 12.7. The average Bonchev–Trinajstić information content (AvgIpc) is 2.53. The molecular formula is C17H20FN3O. The van der Waals surface area contributed by atoms with Crippen molar-refractivity contribution in [3.8, 4) is 0 Å². The molecule has 1 N–H and O–H groups in total. The van der Waals surface area contributed by atoms with Gasteiger partial charge in [0.1, 0.15) is 11.5 Å². The minimum atomic E-state index is -1.31.